The van der Waals surface area contributed by atoms with Crippen LogP contribution in [0.2, 0.25) is 0 Å². The number of aryl methyl sites for hydroxylation is 2. The number of para-hydroxylation sites is 1. The molecule has 28 heavy (non-hydrogen) atoms. The second kappa shape index (κ2) is 6.88. The Hall–Kier alpha value is -2.98. The molecular formula is C24H23N3O. The lowest BCUT2D eigenvalue weighted by Gasteiger charge is -2.15. The van der Waals surface area contributed by atoms with E-state index in [4.69, 9.17) is 9.51 Å². The topological polar surface area (TPSA) is 42.2 Å². The second-order valence-electron chi connectivity index (χ2n) is 7.60. The Bertz CT molecular complexity index is 1140. The number of nitrogens with zero attached hydrogens (tertiary/aromatic N) is 3. The number of rotatable bonds is 4. The van der Waals surface area contributed by atoms with E-state index < -0.39 is 0 Å². The predicted molar refractivity (Wildman–Crippen MR) is 111 cm³/mol. The SMILES string of the molecule is Cc1noc(C)c1-c1cccc2c1CN(CCc1ccc3ccccc3n1)C2. The molecular weight excluding hydrogens is 346 g/mol. The predicted octanol–water partition coefficient (Wildman–Crippen LogP) is 5.06. The van der Waals surface area contributed by atoms with E-state index in [-0.39, 0.29) is 0 Å². The van der Waals surface area contributed by atoms with Crippen LogP contribution >= 0.6 is 0 Å². The number of fused-ring (bicyclic) bond motifs is 2. The summed E-state index contributed by atoms with van der Waals surface area (Å²) < 4.78 is 5.40. The molecule has 2 aromatic carbocycles. The zero-order valence-electron chi connectivity index (χ0n) is 16.3. The molecule has 0 bridgehead atoms. The second-order valence-corrected chi connectivity index (χ2v) is 7.60. The van der Waals surface area contributed by atoms with Gasteiger partial charge in [0.1, 0.15) is 5.76 Å². The minimum Gasteiger partial charge on any atom is -0.361 e. The lowest BCUT2D eigenvalue weighted by atomic mass is 9.96. The molecule has 3 heterocycles. The first-order chi connectivity index (χ1) is 13.7. The summed E-state index contributed by atoms with van der Waals surface area (Å²) >= 11 is 0. The van der Waals surface area contributed by atoms with Crippen molar-refractivity contribution in [2.45, 2.75) is 33.4 Å². The lowest BCUT2D eigenvalue weighted by molar-refractivity contribution is 0.287. The van der Waals surface area contributed by atoms with Gasteiger partial charge in [0.2, 0.25) is 0 Å². The van der Waals surface area contributed by atoms with E-state index >= 15 is 0 Å². The van der Waals surface area contributed by atoms with Crippen molar-refractivity contribution in [2.24, 2.45) is 0 Å². The molecule has 0 radical (unpaired) electrons. The maximum atomic E-state index is 5.40. The molecule has 4 nitrogen and oxygen atoms in total. The molecule has 1 aliphatic heterocycles. The number of aromatic nitrogens is 2. The van der Waals surface area contributed by atoms with Crippen LogP contribution in [0.25, 0.3) is 22.0 Å². The van der Waals surface area contributed by atoms with Gasteiger partial charge in [0.05, 0.1) is 11.2 Å². The van der Waals surface area contributed by atoms with Gasteiger partial charge in [-0.3, -0.25) is 9.88 Å². The third kappa shape index (κ3) is 3.00. The fraction of sp³-hybridized carbons (Fsp3) is 0.250. The Morgan fingerprint density at radius 2 is 1.86 bits per heavy atom. The van der Waals surface area contributed by atoms with Gasteiger partial charge in [-0.1, -0.05) is 47.6 Å². The molecule has 0 saturated carbocycles. The monoisotopic (exact) mass is 369 g/mol. The molecule has 0 N–H and O–H groups in total. The summed E-state index contributed by atoms with van der Waals surface area (Å²) in [6, 6.07) is 19.2. The van der Waals surface area contributed by atoms with E-state index in [2.05, 4.69) is 58.6 Å². The Labute approximate surface area is 164 Å². The summed E-state index contributed by atoms with van der Waals surface area (Å²) in [5.41, 5.74) is 8.41. The Balaban J connectivity index is 1.35. The Morgan fingerprint density at radius 1 is 0.964 bits per heavy atom. The summed E-state index contributed by atoms with van der Waals surface area (Å²) in [6.45, 7) is 6.96. The molecule has 0 amide bonds. The van der Waals surface area contributed by atoms with Crippen LogP contribution < -0.4 is 0 Å². The molecule has 0 unspecified atom stereocenters. The molecule has 0 fully saturated rings. The van der Waals surface area contributed by atoms with Crippen molar-refractivity contribution in [1.29, 1.82) is 0 Å². The van der Waals surface area contributed by atoms with Gasteiger partial charge in [-0.2, -0.15) is 0 Å². The molecule has 2 aromatic heterocycles. The van der Waals surface area contributed by atoms with Crippen LogP contribution in [0.5, 0.6) is 0 Å². The summed E-state index contributed by atoms with van der Waals surface area (Å²) in [4.78, 5) is 7.32. The quantitative estimate of drug-likeness (QED) is 0.504. The van der Waals surface area contributed by atoms with Gasteiger partial charge < -0.3 is 4.52 Å². The van der Waals surface area contributed by atoms with Crippen LogP contribution in [-0.2, 0) is 19.5 Å². The number of pyridine rings is 1. The molecule has 0 atom stereocenters. The zero-order valence-corrected chi connectivity index (χ0v) is 16.3. The van der Waals surface area contributed by atoms with Gasteiger partial charge in [-0.05, 0) is 42.7 Å². The Kier molecular flexibility index (Phi) is 4.21. The smallest absolute Gasteiger partial charge is 0.141 e. The molecule has 5 rings (SSSR count). The fourth-order valence-electron chi connectivity index (χ4n) is 4.27. The fourth-order valence-corrected chi connectivity index (χ4v) is 4.27. The first kappa shape index (κ1) is 17.1. The van der Waals surface area contributed by atoms with Gasteiger partial charge in [0.25, 0.3) is 0 Å². The molecule has 0 saturated heterocycles. The van der Waals surface area contributed by atoms with Gasteiger partial charge >= 0.3 is 0 Å². The van der Waals surface area contributed by atoms with Crippen LogP contribution in [0.4, 0.5) is 0 Å². The first-order valence-corrected chi connectivity index (χ1v) is 9.80. The summed E-state index contributed by atoms with van der Waals surface area (Å²) in [7, 11) is 0. The van der Waals surface area contributed by atoms with Crippen molar-refractivity contribution < 1.29 is 4.52 Å². The lowest BCUT2D eigenvalue weighted by Crippen LogP contribution is -2.19. The highest BCUT2D eigenvalue weighted by Gasteiger charge is 2.24. The summed E-state index contributed by atoms with van der Waals surface area (Å²) in [5.74, 6) is 0.893. The maximum absolute atomic E-state index is 5.40. The summed E-state index contributed by atoms with van der Waals surface area (Å²) in [5, 5.41) is 5.34. The van der Waals surface area contributed by atoms with Crippen molar-refractivity contribution >= 4 is 10.9 Å². The van der Waals surface area contributed by atoms with Gasteiger partial charge in [-0.15, -0.1) is 0 Å². The third-order valence-corrected chi connectivity index (χ3v) is 5.69. The number of hydrogen-bond donors (Lipinski definition) is 0. The van der Waals surface area contributed by atoms with Gasteiger partial charge in [-0.25, -0.2) is 0 Å². The number of hydrogen-bond acceptors (Lipinski definition) is 4. The van der Waals surface area contributed by atoms with Crippen molar-refractivity contribution in [1.82, 2.24) is 15.0 Å². The Morgan fingerprint density at radius 3 is 2.71 bits per heavy atom. The van der Waals surface area contributed by atoms with E-state index in [1.165, 1.54) is 22.1 Å². The van der Waals surface area contributed by atoms with Crippen LogP contribution in [0.3, 0.4) is 0 Å². The van der Waals surface area contributed by atoms with Crippen molar-refractivity contribution in [3.05, 3.63) is 82.9 Å². The van der Waals surface area contributed by atoms with Crippen molar-refractivity contribution in [3.63, 3.8) is 0 Å². The van der Waals surface area contributed by atoms with E-state index in [0.29, 0.717) is 0 Å². The van der Waals surface area contributed by atoms with E-state index in [1.54, 1.807) is 0 Å². The summed E-state index contributed by atoms with van der Waals surface area (Å²) in [6.07, 6.45) is 0.958. The molecule has 0 aliphatic carbocycles. The molecule has 140 valence electrons. The molecule has 4 heteroatoms. The van der Waals surface area contributed by atoms with Crippen LogP contribution in [0, 0.1) is 13.8 Å². The van der Waals surface area contributed by atoms with Crippen LogP contribution in [0.1, 0.15) is 28.3 Å². The molecule has 4 aromatic rings. The highest BCUT2D eigenvalue weighted by molar-refractivity contribution is 5.78. The minimum absolute atomic E-state index is 0.893. The van der Waals surface area contributed by atoms with E-state index in [1.807, 2.05) is 19.9 Å². The van der Waals surface area contributed by atoms with Gasteiger partial charge in [0, 0.05) is 42.7 Å². The normalized spacial score (nSPS) is 13.9. The standard InChI is InChI=1S/C24H23N3O/c1-16-24(17(2)28-26-16)21-8-5-7-19-14-27(15-22(19)21)13-12-20-11-10-18-6-3-4-9-23(18)25-20/h3-11H,12-15H2,1-2H3. The highest BCUT2D eigenvalue weighted by atomic mass is 16.5. The van der Waals surface area contributed by atoms with Crippen molar-refractivity contribution in [2.75, 3.05) is 6.54 Å². The molecule has 0 spiro atoms. The maximum Gasteiger partial charge on any atom is 0.141 e. The van der Waals surface area contributed by atoms with Crippen LogP contribution in [-0.4, -0.2) is 21.6 Å². The van der Waals surface area contributed by atoms with Gasteiger partial charge in [0.15, 0.2) is 0 Å². The minimum atomic E-state index is 0.893. The highest BCUT2D eigenvalue weighted by Crippen LogP contribution is 2.35. The zero-order chi connectivity index (χ0) is 19.1. The third-order valence-electron chi connectivity index (χ3n) is 5.69. The first-order valence-electron chi connectivity index (χ1n) is 9.80. The van der Waals surface area contributed by atoms with E-state index in [0.717, 1.165) is 54.3 Å². The molecule has 1 aliphatic rings. The van der Waals surface area contributed by atoms with Crippen molar-refractivity contribution in [3.8, 4) is 11.1 Å². The largest absolute Gasteiger partial charge is 0.361 e. The average molecular weight is 369 g/mol. The van der Waals surface area contributed by atoms with E-state index in [9.17, 15) is 0 Å². The average Bonchev–Trinajstić information content (AvgIpc) is 3.29. The van der Waals surface area contributed by atoms with Crippen LogP contribution in [0.15, 0.2) is 59.1 Å². The number of benzene rings is 2.